The molecular formula is C15H15IO. The summed E-state index contributed by atoms with van der Waals surface area (Å²) in [6.45, 7) is 0. The predicted octanol–water partition coefficient (Wildman–Crippen LogP) is 4.22. The van der Waals surface area contributed by atoms with Gasteiger partial charge in [-0.2, -0.15) is 0 Å². The maximum absolute atomic E-state index is 5.15. The largest absolute Gasteiger partial charge is 0.497 e. The fourth-order valence-corrected chi connectivity index (χ4v) is 2.23. The van der Waals surface area contributed by atoms with Crippen molar-refractivity contribution in [1.82, 2.24) is 0 Å². The molecule has 0 heterocycles. The molecule has 0 unspecified atom stereocenters. The Balaban J connectivity index is 2.08. The molecule has 2 heteroatoms. The van der Waals surface area contributed by atoms with Crippen LogP contribution in [0.4, 0.5) is 0 Å². The van der Waals surface area contributed by atoms with Gasteiger partial charge in [0.05, 0.1) is 7.11 Å². The summed E-state index contributed by atoms with van der Waals surface area (Å²) < 4.78 is 6.22. The quantitative estimate of drug-likeness (QED) is 0.599. The second-order valence-corrected chi connectivity index (χ2v) is 4.74. The van der Waals surface area contributed by atoms with E-state index in [1.807, 2.05) is 12.1 Å². The molecule has 0 fully saturated rings. The molecule has 0 saturated heterocycles. The van der Waals surface area contributed by atoms with Gasteiger partial charge in [0.2, 0.25) is 0 Å². The lowest BCUT2D eigenvalue weighted by Crippen LogP contribution is -1.89. The van der Waals surface area contributed by atoms with E-state index in [4.69, 9.17) is 4.74 Å². The molecular weight excluding hydrogens is 323 g/mol. The third kappa shape index (κ3) is 3.46. The van der Waals surface area contributed by atoms with Gasteiger partial charge in [-0.3, -0.25) is 0 Å². The van der Waals surface area contributed by atoms with Crippen LogP contribution >= 0.6 is 22.6 Å². The predicted molar refractivity (Wildman–Crippen MR) is 80.0 cm³/mol. The highest BCUT2D eigenvalue weighted by Gasteiger charge is 1.97. The number of halogens is 1. The van der Waals surface area contributed by atoms with Crippen LogP contribution in [0, 0.1) is 0 Å². The molecule has 88 valence electrons. The fraction of sp³-hybridized carbons (Fsp3) is 0.200. The normalized spacial score (nSPS) is 10.2. The van der Waals surface area contributed by atoms with Crippen LogP contribution in [0.1, 0.15) is 16.7 Å². The molecule has 0 aliphatic rings. The zero-order valence-electron chi connectivity index (χ0n) is 9.82. The van der Waals surface area contributed by atoms with E-state index < -0.39 is 0 Å². The molecule has 2 aromatic rings. The second-order valence-electron chi connectivity index (χ2n) is 3.97. The molecule has 0 aliphatic heterocycles. The van der Waals surface area contributed by atoms with E-state index >= 15 is 0 Å². The van der Waals surface area contributed by atoms with Crippen LogP contribution in [-0.4, -0.2) is 7.11 Å². The van der Waals surface area contributed by atoms with Gasteiger partial charge in [0.25, 0.3) is 0 Å². The van der Waals surface area contributed by atoms with Gasteiger partial charge < -0.3 is 4.74 Å². The standard InChI is InChI=1S/C15H15IO/c1-17-15-8-6-13(7-9-15)10-12-2-4-14(11-16)5-3-12/h2-9H,10-11H2,1H3. The zero-order valence-corrected chi connectivity index (χ0v) is 12.0. The number of ether oxygens (including phenoxy) is 1. The molecule has 2 rings (SSSR count). The zero-order chi connectivity index (χ0) is 12.1. The van der Waals surface area contributed by atoms with Crippen molar-refractivity contribution in [2.45, 2.75) is 10.8 Å². The molecule has 0 aliphatic carbocycles. The average Bonchev–Trinajstić information content (AvgIpc) is 2.40. The Morgan fingerprint density at radius 3 is 1.76 bits per heavy atom. The van der Waals surface area contributed by atoms with Crippen molar-refractivity contribution in [3.63, 3.8) is 0 Å². The molecule has 0 bridgehead atoms. The topological polar surface area (TPSA) is 9.23 Å². The van der Waals surface area contributed by atoms with Crippen molar-refractivity contribution < 1.29 is 4.74 Å². The number of benzene rings is 2. The van der Waals surface area contributed by atoms with Crippen LogP contribution in [0.25, 0.3) is 0 Å². The summed E-state index contributed by atoms with van der Waals surface area (Å²) in [7, 11) is 1.69. The summed E-state index contributed by atoms with van der Waals surface area (Å²) in [4.78, 5) is 0. The van der Waals surface area contributed by atoms with Crippen LogP contribution < -0.4 is 4.74 Å². The van der Waals surface area contributed by atoms with E-state index in [0.717, 1.165) is 16.6 Å². The Kier molecular flexibility index (Phi) is 4.42. The number of alkyl halides is 1. The number of hydrogen-bond donors (Lipinski definition) is 0. The Labute approximate surface area is 116 Å². The Hall–Kier alpha value is -1.03. The van der Waals surface area contributed by atoms with Crippen molar-refractivity contribution in [3.8, 4) is 5.75 Å². The van der Waals surface area contributed by atoms with Gasteiger partial charge in [0.1, 0.15) is 5.75 Å². The first-order valence-corrected chi connectivity index (χ1v) is 7.11. The first-order valence-electron chi connectivity index (χ1n) is 5.58. The number of rotatable bonds is 4. The van der Waals surface area contributed by atoms with E-state index in [1.54, 1.807) is 7.11 Å². The Morgan fingerprint density at radius 2 is 1.29 bits per heavy atom. The van der Waals surface area contributed by atoms with Gasteiger partial charge in [-0.1, -0.05) is 59.0 Å². The van der Waals surface area contributed by atoms with Gasteiger partial charge >= 0.3 is 0 Å². The molecule has 0 radical (unpaired) electrons. The lowest BCUT2D eigenvalue weighted by atomic mass is 10.0. The average molecular weight is 338 g/mol. The molecule has 0 N–H and O–H groups in total. The van der Waals surface area contributed by atoms with Crippen molar-refractivity contribution in [3.05, 3.63) is 65.2 Å². The summed E-state index contributed by atoms with van der Waals surface area (Å²) in [6.07, 6.45) is 0.978. The van der Waals surface area contributed by atoms with E-state index in [2.05, 4.69) is 59.0 Å². The highest BCUT2D eigenvalue weighted by molar-refractivity contribution is 14.1. The SMILES string of the molecule is COc1ccc(Cc2ccc(CI)cc2)cc1. The summed E-state index contributed by atoms with van der Waals surface area (Å²) in [5.74, 6) is 0.911. The summed E-state index contributed by atoms with van der Waals surface area (Å²) >= 11 is 2.38. The number of methoxy groups -OCH3 is 1. The molecule has 2 aromatic carbocycles. The van der Waals surface area contributed by atoms with Crippen LogP contribution in [0.2, 0.25) is 0 Å². The highest BCUT2D eigenvalue weighted by Crippen LogP contribution is 2.16. The van der Waals surface area contributed by atoms with E-state index in [0.29, 0.717) is 0 Å². The van der Waals surface area contributed by atoms with Gasteiger partial charge in [0.15, 0.2) is 0 Å². The molecule has 0 atom stereocenters. The molecule has 0 amide bonds. The molecule has 17 heavy (non-hydrogen) atoms. The minimum absolute atomic E-state index is 0.911. The third-order valence-corrected chi connectivity index (χ3v) is 3.63. The minimum Gasteiger partial charge on any atom is -0.497 e. The monoisotopic (exact) mass is 338 g/mol. The van der Waals surface area contributed by atoms with Gasteiger partial charge in [-0.15, -0.1) is 0 Å². The molecule has 0 saturated carbocycles. The van der Waals surface area contributed by atoms with Crippen molar-refractivity contribution in [2.75, 3.05) is 7.11 Å². The van der Waals surface area contributed by atoms with Crippen LogP contribution in [0.5, 0.6) is 5.75 Å². The van der Waals surface area contributed by atoms with Crippen molar-refractivity contribution in [2.24, 2.45) is 0 Å². The van der Waals surface area contributed by atoms with E-state index in [1.165, 1.54) is 16.7 Å². The van der Waals surface area contributed by atoms with E-state index in [9.17, 15) is 0 Å². The van der Waals surface area contributed by atoms with Gasteiger partial charge in [0, 0.05) is 4.43 Å². The smallest absolute Gasteiger partial charge is 0.118 e. The van der Waals surface area contributed by atoms with Gasteiger partial charge in [-0.05, 0) is 35.2 Å². The fourth-order valence-electron chi connectivity index (χ4n) is 1.73. The summed E-state index contributed by atoms with van der Waals surface area (Å²) in [6, 6.07) is 17.1. The van der Waals surface area contributed by atoms with Crippen LogP contribution in [0.15, 0.2) is 48.5 Å². The van der Waals surface area contributed by atoms with Crippen LogP contribution in [-0.2, 0) is 10.8 Å². The summed E-state index contributed by atoms with van der Waals surface area (Å²) in [5.41, 5.74) is 4.04. The Bertz CT molecular complexity index is 414. The lowest BCUT2D eigenvalue weighted by Gasteiger charge is -2.04. The summed E-state index contributed by atoms with van der Waals surface area (Å²) in [5, 5.41) is 0. The second kappa shape index (κ2) is 6.05. The number of hydrogen-bond acceptors (Lipinski definition) is 1. The first-order chi connectivity index (χ1) is 8.31. The van der Waals surface area contributed by atoms with Crippen molar-refractivity contribution >= 4 is 22.6 Å². The minimum atomic E-state index is 0.911. The van der Waals surface area contributed by atoms with E-state index in [-0.39, 0.29) is 0 Å². The van der Waals surface area contributed by atoms with Gasteiger partial charge in [-0.25, -0.2) is 0 Å². The molecule has 1 nitrogen and oxygen atoms in total. The van der Waals surface area contributed by atoms with Crippen LogP contribution in [0.3, 0.4) is 0 Å². The maximum atomic E-state index is 5.15. The molecule has 0 aromatic heterocycles. The maximum Gasteiger partial charge on any atom is 0.118 e. The first kappa shape index (κ1) is 12.4. The molecule has 0 spiro atoms. The van der Waals surface area contributed by atoms with Crippen molar-refractivity contribution in [1.29, 1.82) is 0 Å². The Morgan fingerprint density at radius 1 is 0.824 bits per heavy atom. The lowest BCUT2D eigenvalue weighted by molar-refractivity contribution is 0.414. The third-order valence-electron chi connectivity index (χ3n) is 2.74. The highest BCUT2D eigenvalue weighted by atomic mass is 127.